The highest BCUT2D eigenvalue weighted by Gasteiger charge is 2.33. The van der Waals surface area contributed by atoms with E-state index in [9.17, 15) is 5.11 Å². The standard InChI is InChI=1S/C13H19NO/c1-14-10-9-13(15,11-14)8-7-12-5-3-2-4-6-12/h2-6,15H,7-11H2,1H3. The minimum absolute atomic E-state index is 0.454. The molecule has 2 rings (SSSR count). The second-order valence-corrected chi connectivity index (χ2v) is 4.70. The summed E-state index contributed by atoms with van der Waals surface area (Å²) in [4.78, 5) is 2.20. The third-order valence-corrected chi connectivity index (χ3v) is 3.24. The predicted molar refractivity (Wildman–Crippen MR) is 61.8 cm³/mol. The number of rotatable bonds is 3. The number of β-amino-alcohol motifs (C(OH)–C–C–N with tert-alkyl or cyclic N) is 1. The van der Waals surface area contributed by atoms with E-state index in [1.54, 1.807) is 0 Å². The van der Waals surface area contributed by atoms with E-state index in [0.717, 1.165) is 32.4 Å². The van der Waals surface area contributed by atoms with Crippen LogP contribution in [0.4, 0.5) is 0 Å². The molecule has 82 valence electrons. The molecule has 0 aliphatic carbocycles. The van der Waals surface area contributed by atoms with Crippen molar-refractivity contribution in [1.29, 1.82) is 0 Å². The van der Waals surface area contributed by atoms with Gasteiger partial charge in [-0.25, -0.2) is 0 Å². The average molecular weight is 205 g/mol. The Morgan fingerprint density at radius 2 is 2.07 bits per heavy atom. The Morgan fingerprint density at radius 3 is 2.67 bits per heavy atom. The van der Waals surface area contributed by atoms with Gasteiger partial charge in [0, 0.05) is 13.1 Å². The summed E-state index contributed by atoms with van der Waals surface area (Å²) in [5, 5.41) is 10.3. The lowest BCUT2D eigenvalue weighted by Gasteiger charge is -2.22. The van der Waals surface area contributed by atoms with Crippen LogP contribution in [0.2, 0.25) is 0 Å². The van der Waals surface area contributed by atoms with Crippen LogP contribution in [-0.4, -0.2) is 35.7 Å². The van der Waals surface area contributed by atoms with E-state index < -0.39 is 5.60 Å². The van der Waals surface area contributed by atoms with E-state index in [1.165, 1.54) is 5.56 Å². The molecule has 1 N–H and O–H groups in total. The van der Waals surface area contributed by atoms with Gasteiger partial charge in [-0.15, -0.1) is 0 Å². The second kappa shape index (κ2) is 4.33. The van der Waals surface area contributed by atoms with Gasteiger partial charge in [0.15, 0.2) is 0 Å². The first-order chi connectivity index (χ1) is 7.18. The Bertz CT molecular complexity index is 312. The van der Waals surface area contributed by atoms with Crippen molar-refractivity contribution in [2.24, 2.45) is 0 Å². The molecule has 0 radical (unpaired) electrons. The fourth-order valence-electron chi connectivity index (χ4n) is 2.29. The number of hydrogen-bond acceptors (Lipinski definition) is 2. The van der Waals surface area contributed by atoms with Crippen molar-refractivity contribution in [1.82, 2.24) is 4.90 Å². The van der Waals surface area contributed by atoms with Crippen molar-refractivity contribution in [2.75, 3.05) is 20.1 Å². The van der Waals surface area contributed by atoms with Crippen molar-refractivity contribution in [3.8, 4) is 0 Å². The Balaban J connectivity index is 1.88. The molecule has 0 spiro atoms. The number of nitrogens with zero attached hydrogens (tertiary/aromatic N) is 1. The molecular weight excluding hydrogens is 186 g/mol. The number of aliphatic hydroxyl groups is 1. The van der Waals surface area contributed by atoms with Gasteiger partial charge < -0.3 is 10.0 Å². The molecule has 0 amide bonds. The van der Waals surface area contributed by atoms with Gasteiger partial charge in [0.2, 0.25) is 0 Å². The maximum Gasteiger partial charge on any atom is 0.0789 e. The monoisotopic (exact) mass is 205 g/mol. The third-order valence-electron chi connectivity index (χ3n) is 3.24. The minimum atomic E-state index is -0.454. The maximum atomic E-state index is 10.3. The lowest BCUT2D eigenvalue weighted by Crippen LogP contribution is -2.32. The van der Waals surface area contributed by atoms with Gasteiger partial charge in [-0.3, -0.25) is 0 Å². The summed E-state index contributed by atoms with van der Waals surface area (Å²) in [5.74, 6) is 0. The molecule has 1 heterocycles. The van der Waals surface area contributed by atoms with E-state index in [-0.39, 0.29) is 0 Å². The first-order valence-electron chi connectivity index (χ1n) is 5.63. The topological polar surface area (TPSA) is 23.5 Å². The summed E-state index contributed by atoms with van der Waals surface area (Å²) in [6.07, 6.45) is 2.77. The van der Waals surface area contributed by atoms with Crippen molar-refractivity contribution < 1.29 is 5.11 Å². The molecule has 1 aliphatic heterocycles. The molecule has 1 saturated heterocycles. The number of likely N-dealkylation sites (tertiary alicyclic amines) is 1. The molecule has 1 atom stereocenters. The Hall–Kier alpha value is -0.860. The van der Waals surface area contributed by atoms with Crippen LogP contribution in [0.1, 0.15) is 18.4 Å². The zero-order chi connectivity index (χ0) is 10.7. The third kappa shape index (κ3) is 2.80. The lowest BCUT2D eigenvalue weighted by atomic mass is 9.94. The van der Waals surface area contributed by atoms with Crippen LogP contribution in [0.5, 0.6) is 0 Å². The smallest absolute Gasteiger partial charge is 0.0789 e. The van der Waals surface area contributed by atoms with E-state index in [4.69, 9.17) is 0 Å². The van der Waals surface area contributed by atoms with Crippen LogP contribution >= 0.6 is 0 Å². The van der Waals surface area contributed by atoms with Crippen molar-refractivity contribution in [3.05, 3.63) is 35.9 Å². The summed E-state index contributed by atoms with van der Waals surface area (Å²) in [6.45, 7) is 1.84. The van der Waals surface area contributed by atoms with E-state index >= 15 is 0 Å². The molecule has 0 aromatic heterocycles. The molecule has 1 aliphatic rings. The largest absolute Gasteiger partial charge is 0.388 e. The van der Waals surface area contributed by atoms with Crippen LogP contribution in [0.15, 0.2) is 30.3 Å². The normalized spacial score (nSPS) is 27.1. The summed E-state index contributed by atoms with van der Waals surface area (Å²) in [6, 6.07) is 10.4. The van der Waals surface area contributed by atoms with Gasteiger partial charge in [-0.2, -0.15) is 0 Å². The fourth-order valence-corrected chi connectivity index (χ4v) is 2.29. The lowest BCUT2D eigenvalue weighted by molar-refractivity contribution is 0.0434. The Labute approximate surface area is 91.5 Å². The van der Waals surface area contributed by atoms with Crippen LogP contribution in [0.25, 0.3) is 0 Å². The first kappa shape index (κ1) is 10.7. The number of likely N-dealkylation sites (N-methyl/N-ethyl adjacent to an activating group) is 1. The fraction of sp³-hybridized carbons (Fsp3) is 0.538. The average Bonchev–Trinajstić information content (AvgIpc) is 2.58. The highest BCUT2D eigenvalue weighted by atomic mass is 16.3. The highest BCUT2D eigenvalue weighted by molar-refractivity contribution is 5.15. The van der Waals surface area contributed by atoms with Gasteiger partial charge in [-0.05, 0) is 31.9 Å². The number of aryl methyl sites for hydroxylation is 1. The quantitative estimate of drug-likeness (QED) is 0.811. The molecular formula is C13H19NO. The van der Waals surface area contributed by atoms with Gasteiger partial charge in [-0.1, -0.05) is 30.3 Å². The predicted octanol–water partition coefficient (Wildman–Crippen LogP) is 1.69. The second-order valence-electron chi connectivity index (χ2n) is 4.70. The Kier molecular flexibility index (Phi) is 3.08. The first-order valence-corrected chi connectivity index (χ1v) is 5.63. The number of hydrogen-bond donors (Lipinski definition) is 1. The molecule has 15 heavy (non-hydrogen) atoms. The molecule has 1 unspecified atom stereocenters. The summed E-state index contributed by atoms with van der Waals surface area (Å²) >= 11 is 0. The molecule has 1 fully saturated rings. The van der Waals surface area contributed by atoms with Crippen molar-refractivity contribution >= 4 is 0 Å². The molecule has 0 saturated carbocycles. The van der Waals surface area contributed by atoms with Gasteiger partial charge in [0.1, 0.15) is 0 Å². The van der Waals surface area contributed by atoms with Crippen LogP contribution in [-0.2, 0) is 6.42 Å². The van der Waals surface area contributed by atoms with Crippen LogP contribution in [0.3, 0.4) is 0 Å². The maximum absolute atomic E-state index is 10.3. The molecule has 1 aromatic carbocycles. The van der Waals surface area contributed by atoms with E-state index in [2.05, 4.69) is 36.2 Å². The zero-order valence-electron chi connectivity index (χ0n) is 9.32. The Morgan fingerprint density at radius 1 is 1.33 bits per heavy atom. The SMILES string of the molecule is CN1CCC(O)(CCc2ccccc2)C1. The van der Waals surface area contributed by atoms with Crippen LogP contribution < -0.4 is 0 Å². The highest BCUT2D eigenvalue weighted by Crippen LogP contribution is 2.25. The number of benzene rings is 1. The van der Waals surface area contributed by atoms with E-state index in [0.29, 0.717) is 0 Å². The van der Waals surface area contributed by atoms with E-state index in [1.807, 2.05) is 6.07 Å². The van der Waals surface area contributed by atoms with Gasteiger partial charge in [0.05, 0.1) is 5.60 Å². The van der Waals surface area contributed by atoms with Gasteiger partial charge >= 0.3 is 0 Å². The van der Waals surface area contributed by atoms with Crippen molar-refractivity contribution in [3.63, 3.8) is 0 Å². The molecule has 2 nitrogen and oxygen atoms in total. The van der Waals surface area contributed by atoms with Gasteiger partial charge in [0.25, 0.3) is 0 Å². The summed E-state index contributed by atoms with van der Waals surface area (Å²) < 4.78 is 0. The minimum Gasteiger partial charge on any atom is -0.388 e. The van der Waals surface area contributed by atoms with Crippen LogP contribution in [0, 0.1) is 0 Å². The molecule has 1 aromatic rings. The summed E-state index contributed by atoms with van der Waals surface area (Å²) in [5.41, 5.74) is 0.866. The molecule has 0 bridgehead atoms. The summed E-state index contributed by atoms with van der Waals surface area (Å²) in [7, 11) is 2.07. The zero-order valence-corrected chi connectivity index (χ0v) is 9.32. The molecule has 2 heteroatoms. The van der Waals surface area contributed by atoms with Crippen molar-refractivity contribution in [2.45, 2.75) is 24.9 Å².